The highest BCUT2D eigenvalue weighted by Gasteiger charge is 2.06. The normalized spacial score (nSPS) is 11.4. The number of rotatable bonds is 7. The van der Waals surface area contributed by atoms with Gasteiger partial charge < -0.3 is 15.2 Å². The average Bonchev–Trinajstić information content (AvgIpc) is 2.29. The summed E-state index contributed by atoms with van der Waals surface area (Å²) in [7, 11) is -1.40. The predicted octanol–water partition coefficient (Wildman–Crippen LogP) is 0.925. The molecule has 0 radical (unpaired) electrons. The number of hydrogen-bond donors (Lipinski definition) is 2. The maximum Gasteiger partial charge on any atom is 0.162 e. The molecule has 0 aliphatic carbocycles. The Morgan fingerprint density at radius 2 is 2.11 bits per heavy atom. The van der Waals surface area contributed by atoms with Crippen LogP contribution >= 0.6 is 0 Å². The summed E-state index contributed by atoms with van der Waals surface area (Å²) in [6.45, 7) is 1.07. The largest absolute Gasteiger partial charge is 0.504 e. The minimum Gasteiger partial charge on any atom is -0.504 e. The predicted molar refractivity (Wildman–Crippen MR) is 70.7 cm³/mol. The molecule has 5 nitrogen and oxygen atoms in total. The van der Waals surface area contributed by atoms with Gasteiger partial charge in [-0.05, 0) is 19.0 Å². The van der Waals surface area contributed by atoms with Crippen LogP contribution in [0.25, 0.3) is 0 Å². The van der Waals surface area contributed by atoms with E-state index in [0.717, 1.165) is 5.56 Å². The number of methoxy groups -OCH3 is 1. The van der Waals surface area contributed by atoms with E-state index < -0.39 is 9.84 Å². The standard InChI is InChI=1S/C12H19NO4S/c1-17-11-6-3-5-10(12(11)14)9-13-7-4-8-18(2,15)16/h3,5-6,13-14H,4,7-9H2,1-2H3. The van der Waals surface area contributed by atoms with Gasteiger partial charge in [-0.2, -0.15) is 0 Å². The molecule has 0 heterocycles. The summed E-state index contributed by atoms with van der Waals surface area (Å²) in [5.41, 5.74) is 0.730. The van der Waals surface area contributed by atoms with E-state index in [-0.39, 0.29) is 11.5 Å². The van der Waals surface area contributed by atoms with Crippen molar-refractivity contribution < 1.29 is 18.3 Å². The van der Waals surface area contributed by atoms with Crippen LogP contribution < -0.4 is 10.1 Å². The maximum absolute atomic E-state index is 10.9. The average molecular weight is 273 g/mol. The quantitative estimate of drug-likeness (QED) is 0.723. The van der Waals surface area contributed by atoms with Crippen molar-refractivity contribution in [2.45, 2.75) is 13.0 Å². The number of benzene rings is 1. The monoisotopic (exact) mass is 273 g/mol. The Labute approximate surface area is 108 Å². The molecule has 0 bridgehead atoms. The van der Waals surface area contributed by atoms with Gasteiger partial charge in [0.15, 0.2) is 11.5 Å². The molecule has 0 fully saturated rings. The van der Waals surface area contributed by atoms with Crippen molar-refractivity contribution in [3.05, 3.63) is 23.8 Å². The van der Waals surface area contributed by atoms with Gasteiger partial charge >= 0.3 is 0 Å². The lowest BCUT2D eigenvalue weighted by Crippen LogP contribution is -2.18. The number of ether oxygens (including phenoxy) is 1. The highest BCUT2D eigenvalue weighted by Crippen LogP contribution is 2.28. The number of aromatic hydroxyl groups is 1. The van der Waals surface area contributed by atoms with Crippen LogP contribution in [0.15, 0.2) is 18.2 Å². The molecule has 0 saturated carbocycles. The van der Waals surface area contributed by atoms with Crippen LogP contribution in [0.5, 0.6) is 11.5 Å². The van der Waals surface area contributed by atoms with Crippen molar-refractivity contribution >= 4 is 9.84 Å². The van der Waals surface area contributed by atoms with Crippen LogP contribution in [0.3, 0.4) is 0 Å². The SMILES string of the molecule is COc1cccc(CNCCCS(C)(=O)=O)c1O. The van der Waals surface area contributed by atoms with Gasteiger partial charge in [-0.1, -0.05) is 12.1 Å². The highest BCUT2D eigenvalue weighted by molar-refractivity contribution is 7.90. The smallest absolute Gasteiger partial charge is 0.162 e. The van der Waals surface area contributed by atoms with Gasteiger partial charge in [0.2, 0.25) is 0 Å². The first-order valence-corrected chi connectivity index (χ1v) is 7.73. The molecule has 0 atom stereocenters. The molecule has 0 saturated heterocycles. The van der Waals surface area contributed by atoms with Crippen molar-refractivity contribution in [1.82, 2.24) is 5.32 Å². The Hall–Kier alpha value is -1.27. The van der Waals surface area contributed by atoms with Crippen LogP contribution in [0.2, 0.25) is 0 Å². The lowest BCUT2D eigenvalue weighted by atomic mass is 10.2. The lowest BCUT2D eigenvalue weighted by molar-refractivity contribution is 0.369. The van der Waals surface area contributed by atoms with Gasteiger partial charge in [0.05, 0.1) is 12.9 Å². The third kappa shape index (κ3) is 4.93. The molecule has 18 heavy (non-hydrogen) atoms. The van der Waals surface area contributed by atoms with Gasteiger partial charge in [-0.3, -0.25) is 0 Å². The van der Waals surface area contributed by atoms with Gasteiger partial charge in [-0.25, -0.2) is 8.42 Å². The highest BCUT2D eigenvalue weighted by atomic mass is 32.2. The number of sulfone groups is 1. The first-order chi connectivity index (χ1) is 8.44. The maximum atomic E-state index is 10.9. The van der Waals surface area contributed by atoms with Crippen molar-refractivity contribution in [3.63, 3.8) is 0 Å². The molecular formula is C12H19NO4S. The second-order valence-electron chi connectivity index (χ2n) is 4.13. The van der Waals surface area contributed by atoms with E-state index in [2.05, 4.69) is 5.32 Å². The van der Waals surface area contributed by atoms with E-state index in [0.29, 0.717) is 25.3 Å². The van der Waals surface area contributed by atoms with Crippen molar-refractivity contribution in [2.75, 3.05) is 25.7 Å². The fourth-order valence-corrected chi connectivity index (χ4v) is 2.23. The second-order valence-corrected chi connectivity index (χ2v) is 6.39. The zero-order valence-electron chi connectivity index (χ0n) is 10.6. The number of nitrogens with one attached hydrogen (secondary N) is 1. The topological polar surface area (TPSA) is 75.6 Å². The summed E-state index contributed by atoms with van der Waals surface area (Å²) in [5.74, 6) is 0.727. The number of hydrogen-bond acceptors (Lipinski definition) is 5. The van der Waals surface area contributed by atoms with Crippen LogP contribution in [0.4, 0.5) is 0 Å². The molecule has 6 heteroatoms. The molecule has 0 aliphatic heterocycles. The van der Waals surface area contributed by atoms with Crippen molar-refractivity contribution in [2.24, 2.45) is 0 Å². The van der Waals surface area contributed by atoms with Crippen molar-refractivity contribution in [1.29, 1.82) is 0 Å². The van der Waals surface area contributed by atoms with Crippen LogP contribution in [-0.2, 0) is 16.4 Å². The Kier molecular flexibility index (Phi) is 5.43. The fourth-order valence-electron chi connectivity index (χ4n) is 1.56. The molecule has 0 unspecified atom stereocenters. The summed E-state index contributed by atoms with van der Waals surface area (Å²) in [6.07, 6.45) is 1.78. The van der Waals surface area contributed by atoms with Crippen LogP contribution in [0.1, 0.15) is 12.0 Å². The third-order valence-corrected chi connectivity index (χ3v) is 3.52. The van der Waals surface area contributed by atoms with Gasteiger partial charge in [-0.15, -0.1) is 0 Å². The van der Waals surface area contributed by atoms with E-state index in [1.165, 1.54) is 13.4 Å². The Morgan fingerprint density at radius 1 is 1.39 bits per heavy atom. The van der Waals surface area contributed by atoms with Crippen molar-refractivity contribution in [3.8, 4) is 11.5 Å². The first kappa shape index (κ1) is 14.8. The summed E-state index contributed by atoms with van der Waals surface area (Å²) < 4.78 is 26.8. The number of phenols is 1. The first-order valence-electron chi connectivity index (χ1n) is 5.67. The summed E-state index contributed by atoms with van der Waals surface area (Å²) in [6, 6.07) is 5.27. The molecule has 1 rings (SSSR count). The number of phenolic OH excluding ortho intramolecular Hbond substituents is 1. The molecule has 1 aromatic carbocycles. The van der Waals surface area contributed by atoms with E-state index >= 15 is 0 Å². The van der Waals surface area contributed by atoms with E-state index in [1.54, 1.807) is 18.2 Å². The molecule has 0 spiro atoms. The second kappa shape index (κ2) is 6.61. The third-order valence-electron chi connectivity index (χ3n) is 2.49. The van der Waals surface area contributed by atoms with E-state index in [1.807, 2.05) is 0 Å². The summed E-state index contributed by atoms with van der Waals surface area (Å²) >= 11 is 0. The minimum atomic E-state index is -2.90. The summed E-state index contributed by atoms with van der Waals surface area (Å²) in [4.78, 5) is 0. The summed E-state index contributed by atoms with van der Waals surface area (Å²) in [5, 5.41) is 12.9. The van der Waals surface area contributed by atoms with Gasteiger partial charge in [0.1, 0.15) is 9.84 Å². The molecule has 0 aromatic heterocycles. The Bertz CT molecular complexity index is 485. The molecule has 102 valence electrons. The van der Waals surface area contributed by atoms with Crippen LogP contribution in [-0.4, -0.2) is 39.2 Å². The Balaban J connectivity index is 2.40. The minimum absolute atomic E-state index is 0.121. The lowest BCUT2D eigenvalue weighted by Gasteiger charge is -2.09. The Morgan fingerprint density at radius 3 is 2.72 bits per heavy atom. The van der Waals surface area contributed by atoms with Crippen LogP contribution in [0, 0.1) is 0 Å². The van der Waals surface area contributed by atoms with Gasteiger partial charge in [0.25, 0.3) is 0 Å². The fraction of sp³-hybridized carbons (Fsp3) is 0.500. The number of para-hydroxylation sites is 1. The molecule has 0 amide bonds. The zero-order valence-corrected chi connectivity index (χ0v) is 11.5. The molecule has 0 aliphatic rings. The van der Waals surface area contributed by atoms with E-state index in [9.17, 15) is 13.5 Å². The molecule has 1 aromatic rings. The van der Waals surface area contributed by atoms with E-state index in [4.69, 9.17) is 4.74 Å². The zero-order chi connectivity index (χ0) is 13.6. The molecular weight excluding hydrogens is 254 g/mol. The van der Waals surface area contributed by atoms with Gasteiger partial charge in [0, 0.05) is 18.4 Å². The molecule has 2 N–H and O–H groups in total.